The van der Waals surface area contributed by atoms with Gasteiger partial charge in [-0.05, 0) is 36.4 Å². The van der Waals surface area contributed by atoms with E-state index in [4.69, 9.17) is 21.2 Å². The Morgan fingerprint density at radius 2 is 1.68 bits per heavy atom. The number of hydrogen-bond acceptors (Lipinski definition) is 4. The van der Waals surface area contributed by atoms with Crippen molar-refractivity contribution in [2.75, 3.05) is 0 Å². The molecule has 0 amide bonds. The van der Waals surface area contributed by atoms with Gasteiger partial charge in [0.2, 0.25) is 10.0 Å². The molecule has 0 unspecified atom stereocenters. The number of alkyl halides is 3. The Bertz CT molecular complexity index is 1350. The molecule has 160 valence electrons. The average Bonchev–Trinajstić information content (AvgIpc) is 3.37. The molecule has 0 radical (unpaired) electrons. The van der Waals surface area contributed by atoms with E-state index in [2.05, 4.69) is 5.10 Å². The summed E-state index contributed by atoms with van der Waals surface area (Å²) in [6, 6.07) is 14.5. The maximum Gasteiger partial charge on any atom is 0.435 e. The van der Waals surface area contributed by atoms with Gasteiger partial charge in [-0.2, -0.15) is 18.3 Å². The molecule has 0 saturated heterocycles. The van der Waals surface area contributed by atoms with Gasteiger partial charge < -0.3 is 4.42 Å². The number of primary sulfonamides is 1. The van der Waals surface area contributed by atoms with Crippen LogP contribution in [-0.2, 0) is 16.2 Å². The predicted octanol–water partition coefficient (Wildman–Crippen LogP) is 5.12. The SMILES string of the molecule is NS(=O)(=O)c1ccc(-n2nc(C(F)(F)F)cc2-c2ccc(-c3ccco3)cc2)c(Cl)c1. The van der Waals surface area contributed by atoms with Crippen LogP contribution in [0.2, 0.25) is 5.02 Å². The third kappa shape index (κ3) is 4.22. The van der Waals surface area contributed by atoms with Crippen molar-refractivity contribution in [3.63, 3.8) is 0 Å². The number of nitrogens with two attached hydrogens (primary N) is 1. The average molecular weight is 468 g/mol. The van der Waals surface area contributed by atoms with Gasteiger partial charge in [-0.1, -0.05) is 35.9 Å². The van der Waals surface area contributed by atoms with Gasteiger partial charge >= 0.3 is 6.18 Å². The van der Waals surface area contributed by atoms with Crippen molar-refractivity contribution in [1.82, 2.24) is 9.78 Å². The first-order chi connectivity index (χ1) is 14.5. The second kappa shape index (κ2) is 7.56. The maximum absolute atomic E-state index is 13.4. The lowest BCUT2D eigenvalue weighted by Crippen LogP contribution is -2.12. The molecule has 0 aliphatic carbocycles. The summed E-state index contributed by atoms with van der Waals surface area (Å²) in [5.74, 6) is 0.609. The number of sulfonamides is 1. The van der Waals surface area contributed by atoms with E-state index >= 15 is 0 Å². The monoisotopic (exact) mass is 467 g/mol. The highest BCUT2D eigenvalue weighted by molar-refractivity contribution is 7.89. The first kappa shape index (κ1) is 21.2. The Labute approximate surface area is 179 Å². The molecule has 4 rings (SSSR count). The van der Waals surface area contributed by atoms with Crippen LogP contribution in [-0.4, -0.2) is 18.2 Å². The minimum Gasteiger partial charge on any atom is -0.464 e. The van der Waals surface area contributed by atoms with E-state index in [-0.39, 0.29) is 21.3 Å². The second-order valence-electron chi connectivity index (χ2n) is 6.54. The molecule has 6 nitrogen and oxygen atoms in total. The van der Waals surface area contributed by atoms with Crippen molar-refractivity contribution < 1.29 is 26.0 Å². The Kier molecular flexibility index (Phi) is 5.16. The Hall–Kier alpha value is -3.08. The van der Waals surface area contributed by atoms with E-state index in [1.807, 2.05) is 0 Å². The van der Waals surface area contributed by atoms with Crippen LogP contribution in [0.3, 0.4) is 0 Å². The highest BCUT2D eigenvalue weighted by Crippen LogP contribution is 2.35. The van der Waals surface area contributed by atoms with Gasteiger partial charge in [0.1, 0.15) is 5.76 Å². The summed E-state index contributed by atoms with van der Waals surface area (Å²) in [6.45, 7) is 0. The number of hydrogen-bond donors (Lipinski definition) is 1. The Morgan fingerprint density at radius 3 is 2.23 bits per heavy atom. The van der Waals surface area contributed by atoms with Crippen LogP contribution in [0.5, 0.6) is 0 Å². The van der Waals surface area contributed by atoms with Gasteiger partial charge in [0.15, 0.2) is 5.69 Å². The minimum atomic E-state index is -4.69. The van der Waals surface area contributed by atoms with E-state index in [1.54, 1.807) is 36.4 Å². The molecule has 0 bridgehead atoms. The summed E-state index contributed by atoms with van der Waals surface area (Å²) in [5, 5.41) is 8.62. The van der Waals surface area contributed by atoms with Gasteiger partial charge in [0, 0.05) is 11.1 Å². The molecule has 0 aliphatic rings. The Balaban J connectivity index is 1.85. The number of benzene rings is 2. The largest absolute Gasteiger partial charge is 0.464 e. The number of nitrogens with zero attached hydrogens (tertiary/aromatic N) is 2. The van der Waals surface area contributed by atoms with Gasteiger partial charge in [0.25, 0.3) is 0 Å². The molecule has 0 saturated carbocycles. The highest BCUT2D eigenvalue weighted by atomic mass is 35.5. The van der Waals surface area contributed by atoms with Crippen LogP contribution in [0, 0.1) is 0 Å². The fraction of sp³-hybridized carbons (Fsp3) is 0.0500. The van der Waals surface area contributed by atoms with Crippen molar-refractivity contribution in [1.29, 1.82) is 0 Å². The molecule has 4 aromatic rings. The number of aromatic nitrogens is 2. The Morgan fingerprint density at radius 1 is 1.00 bits per heavy atom. The topological polar surface area (TPSA) is 91.1 Å². The molecule has 0 atom stereocenters. The summed E-state index contributed by atoms with van der Waals surface area (Å²) >= 11 is 6.17. The fourth-order valence-electron chi connectivity index (χ4n) is 2.99. The lowest BCUT2D eigenvalue weighted by atomic mass is 10.1. The van der Waals surface area contributed by atoms with Gasteiger partial charge in [-0.15, -0.1) is 0 Å². The predicted molar refractivity (Wildman–Crippen MR) is 108 cm³/mol. The lowest BCUT2D eigenvalue weighted by molar-refractivity contribution is -0.141. The number of furan rings is 1. The number of rotatable bonds is 4. The fourth-order valence-corrected chi connectivity index (χ4v) is 3.86. The van der Waals surface area contributed by atoms with E-state index in [0.717, 1.165) is 28.4 Å². The molecule has 0 fully saturated rings. The van der Waals surface area contributed by atoms with Gasteiger partial charge in [-0.3, -0.25) is 0 Å². The van der Waals surface area contributed by atoms with Crippen LogP contribution in [0.15, 0.2) is 76.2 Å². The van der Waals surface area contributed by atoms with Crippen LogP contribution in [0.25, 0.3) is 28.3 Å². The summed E-state index contributed by atoms with van der Waals surface area (Å²) in [4.78, 5) is -0.270. The first-order valence-electron chi connectivity index (χ1n) is 8.68. The minimum absolute atomic E-state index is 0.0645. The zero-order chi connectivity index (χ0) is 22.4. The van der Waals surface area contributed by atoms with E-state index in [1.165, 1.54) is 12.3 Å². The molecule has 0 spiro atoms. The molecule has 11 heteroatoms. The van der Waals surface area contributed by atoms with Crippen molar-refractivity contribution in [2.24, 2.45) is 5.14 Å². The van der Waals surface area contributed by atoms with Crippen molar-refractivity contribution in [2.45, 2.75) is 11.1 Å². The molecule has 0 aliphatic heterocycles. The third-order valence-electron chi connectivity index (χ3n) is 4.46. The summed E-state index contributed by atoms with van der Waals surface area (Å²) in [6.07, 6.45) is -3.18. The normalized spacial score (nSPS) is 12.3. The molecular weight excluding hydrogens is 455 g/mol. The molecule has 2 aromatic heterocycles. The zero-order valence-corrected chi connectivity index (χ0v) is 17.0. The number of halogens is 4. The molecule has 2 heterocycles. The van der Waals surface area contributed by atoms with Crippen molar-refractivity contribution >= 4 is 21.6 Å². The van der Waals surface area contributed by atoms with Gasteiger partial charge in [-0.25, -0.2) is 18.2 Å². The molecule has 31 heavy (non-hydrogen) atoms. The van der Waals surface area contributed by atoms with E-state index in [9.17, 15) is 21.6 Å². The quantitative estimate of drug-likeness (QED) is 0.451. The van der Waals surface area contributed by atoms with Crippen LogP contribution in [0.1, 0.15) is 5.69 Å². The first-order valence-corrected chi connectivity index (χ1v) is 10.6. The summed E-state index contributed by atoms with van der Waals surface area (Å²) < 4.78 is 69.5. The smallest absolute Gasteiger partial charge is 0.435 e. The van der Waals surface area contributed by atoms with Crippen LogP contribution >= 0.6 is 11.6 Å². The van der Waals surface area contributed by atoms with E-state index < -0.39 is 21.9 Å². The third-order valence-corrected chi connectivity index (χ3v) is 5.68. The summed E-state index contributed by atoms with van der Waals surface area (Å²) in [7, 11) is -4.03. The van der Waals surface area contributed by atoms with Crippen molar-refractivity contribution in [3.05, 3.63) is 77.6 Å². The van der Waals surface area contributed by atoms with Gasteiger partial charge in [0.05, 0.1) is 27.6 Å². The second-order valence-corrected chi connectivity index (χ2v) is 8.51. The lowest BCUT2D eigenvalue weighted by Gasteiger charge is -2.11. The zero-order valence-electron chi connectivity index (χ0n) is 15.5. The van der Waals surface area contributed by atoms with Crippen LogP contribution < -0.4 is 5.14 Å². The molecule has 2 N–H and O–H groups in total. The van der Waals surface area contributed by atoms with Crippen LogP contribution in [0.4, 0.5) is 13.2 Å². The van der Waals surface area contributed by atoms with E-state index in [0.29, 0.717) is 11.3 Å². The molecular formula is C20H13ClF3N3O3S. The maximum atomic E-state index is 13.4. The highest BCUT2D eigenvalue weighted by Gasteiger charge is 2.35. The summed E-state index contributed by atoms with van der Waals surface area (Å²) in [5.41, 5.74) is 0.235. The standard InChI is InChI=1S/C20H13ClF3N3O3S/c21-15-10-14(31(25,28)29)7-8-16(15)27-17(11-19(26-27)20(22,23)24)12-3-5-13(6-4-12)18-2-1-9-30-18/h1-11H,(H2,25,28,29). The molecule has 2 aromatic carbocycles. The van der Waals surface area contributed by atoms with Crippen molar-refractivity contribution in [3.8, 4) is 28.3 Å².